The summed E-state index contributed by atoms with van der Waals surface area (Å²) in [6.07, 6.45) is 1.90. The average molecular weight is 290 g/mol. The largest absolute Gasteiger partial charge is 0.158 e. The summed E-state index contributed by atoms with van der Waals surface area (Å²) in [5.74, 6) is 0. The summed E-state index contributed by atoms with van der Waals surface area (Å²) < 4.78 is 0. The number of aromatic nitrogens is 2. The Hall–Kier alpha value is -2.22. The fourth-order valence-electron chi connectivity index (χ4n) is 3.09. The fraction of sp³-hybridized carbons (Fsp3) is 0.300. The van der Waals surface area contributed by atoms with Crippen LogP contribution in [0.25, 0.3) is 22.0 Å². The number of hydrogen-bond donors (Lipinski definition) is 0. The van der Waals surface area contributed by atoms with Gasteiger partial charge in [0.2, 0.25) is 0 Å². The second-order valence-electron chi connectivity index (χ2n) is 6.28. The van der Waals surface area contributed by atoms with Crippen LogP contribution in [0.4, 0.5) is 0 Å². The molecule has 22 heavy (non-hydrogen) atoms. The summed E-state index contributed by atoms with van der Waals surface area (Å²) in [5, 5.41) is 11.2. The van der Waals surface area contributed by atoms with Gasteiger partial charge in [0.25, 0.3) is 0 Å². The molecule has 112 valence electrons. The molecule has 0 aliphatic rings. The van der Waals surface area contributed by atoms with Crippen molar-refractivity contribution >= 4 is 10.8 Å². The highest BCUT2D eigenvalue weighted by Crippen LogP contribution is 2.34. The Labute approximate surface area is 132 Å². The SMILES string of the molecule is Cc1ccc(-c2nncc3c(C)c(C)c(C)c(C)c23)cc1C. The van der Waals surface area contributed by atoms with Crippen LogP contribution in [0.2, 0.25) is 0 Å². The molecule has 2 nitrogen and oxygen atoms in total. The van der Waals surface area contributed by atoms with Gasteiger partial charge >= 0.3 is 0 Å². The lowest BCUT2D eigenvalue weighted by Crippen LogP contribution is -1.99. The third-order valence-corrected chi connectivity index (χ3v) is 5.10. The van der Waals surface area contributed by atoms with Crippen LogP contribution in [-0.2, 0) is 0 Å². The molecule has 1 heterocycles. The van der Waals surface area contributed by atoms with Gasteiger partial charge in [-0.1, -0.05) is 12.1 Å². The molecule has 0 aliphatic carbocycles. The second-order valence-corrected chi connectivity index (χ2v) is 6.28. The lowest BCUT2D eigenvalue weighted by atomic mass is 9.90. The van der Waals surface area contributed by atoms with E-state index in [1.807, 2.05) is 6.20 Å². The first kappa shape index (κ1) is 14.7. The van der Waals surface area contributed by atoms with Crippen molar-refractivity contribution in [2.45, 2.75) is 41.5 Å². The maximum absolute atomic E-state index is 4.47. The number of nitrogens with zero attached hydrogens (tertiary/aromatic N) is 2. The lowest BCUT2D eigenvalue weighted by molar-refractivity contribution is 1.05. The molecule has 0 saturated heterocycles. The summed E-state index contributed by atoms with van der Waals surface area (Å²) in [7, 11) is 0. The van der Waals surface area contributed by atoms with Gasteiger partial charge in [-0.2, -0.15) is 5.10 Å². The first-order valence-corrected chi connectivity index (χ1v) is 7.71. The quantitative estimate of drug-likeness (QED) is 0.619. The first-order chi connectivity index (χ1) is 10.4. The van der Waals surface area contributed by atoms with Crippen LogP contribution in [0.15, 0.2) is 24.4 Å². The minimum atomic E-state index is 0.990. The molecule has 2 heteroatoms. The van der Waals surface area contributed by atoms with Gasteiger partial charge in [-0.05, 0) is 81.0 Å². The topological polar surface area (TPSA) is 25.8 Å². The Kier molecular flexibility index (Phi) is 3.48. The van der Waals surface area contributed by atoms with E-state index in [4.69, 9.17) is 0 Å². The zero-order valence-corrected chi connectivity index (χ0v) is 14.2. The van der Waals surface area contributed by atoms with Gasteiger partial charge in [0, 0.05) is 16.3 Å². The molecule has 0 atom stereocenters. The highest BCUT2D eigenvalue weighted by Gasteiger charge is 2.15. The van der Waals surface area contributed by atoms with Crippen molar-refractivity contribution in [2.75, 3.05) is 0 Å². The standard InChI is InChI=1S/C20H22N2/c1-11-7-8-17(9-12(11)2)20-19-16(6)14(4)13(3)15(5)18(19)10-21-22-20/h7-10H,1-6H3. The fourth-order valence-corrected chi connectivity index (χ4v) is 3.09. The van der Waals surface area contributed by atoms with E-state index >= 15 is 0 Å². The Balaban J connectivity index is 2.43. The Bertz CT molecular complexity index is 892. The van der Waals surface area contributed by atoms with Gasteiger partial charge in [-0.25, -0.2) is 0 Å². The smallest absolute Gasteiger partial charge is 0.101 e. The van der Waals surface area contributed by atoms with E-state index in [-0.39, 0.29) is 0 Å². The van der Waals surface area contributed by atoms with Crippen LogP contribution in [0.1, 0.15) is 33.4 Å². The number of benzene rings is 2. The van der Waals surface area contributed by atoms with Crippen molar-refractivity contribution in [3.8, 4) is 11.3 Å². The summed E-state index contributed by atoms with van der Waals surface area (Å²) in [4.78, 5) is 0. The Morgan fingerprint density at radius 2 is 1.41 bits per heavy atom. The molecule has 0 N–H and O–H groups in total. The molecule has 0 radical (unpaired) electrons. The predicted molar refractivity (Wildman–Crippen MR) is 93.4 cm³/mol. The molecular weight excluding hydrogens is 268 g/mol. The van der Waals surface area contributed by atoms with Crippen molar-refractivity contribution < 1.29 is 0 Å². The number of hydrogen-bond acceptors (Lipinski definition) is 2. The van der Waals surface area contributed by atoms with Gasteiger partial charge in [0.1, 0.15) is 5.69 Å². The molecule has 1 aromatic heterocycles. The van der Waals surface area contributed by atoms with Gasteiger partial charge < -0.3 is 0 Å². The minimum Gasteiger partial charge on any atom is -0.158 e. The molecule has 3 aromatic rings. The van der Waals surface area contributed by atoms with Gasteiger partial charge in [-0.3, -0.25) is 0 Å². The van der Waals surface area contributed by atoms with Gasteiger partial charge in [-0.15, -0.1) is 5.10 Å². The van der Waals surface area contributed by atoms with E-state index in [9.17, 15) is 0 Å². The zero-order chi connectivity index (χ0) is 16.0. The van der Waals surface area contributed by atoms with E-state index in [0.717, 1.165) is 11.3 Å². The maximum Gasteiger partial charge on any atom is 0.101 e. The number of rotatable bonds is 1. The predicted octanol–water partition coefficient (Wildman–Crippen LogP) is 5.15. The van der Waals surface area contributed by atoms with Crippen LogP contribution in [0, 0.1) is 41.5 Å². The highest BCUT2D eigenvalue weighted by atomic mass is 15.1. The minimum absolute atomic E-state index is 0.990. The van der Waals surface area contributed by atoms with Gasteiger partial charge in [0.05, 0.1) is 6.20 Å². The third-order valence-electron chi connectivity index (χ3n) is 5.10. The third kappa shape index (κ3) is 2.10. The molecule has 0 bridgehead atoms. The van der Waals surface area contributed by atoms with Crippen molar-refractivity contribution in [1.82, 2.24) is 10.2 Å². The van der Waals surface area contributed by atoms with Crippen molar-refractivity contribution in [3.05, 3.63) is 57.8 Å². The Morgan fingerprint density at radius 1 is 0.727 bits per heavy atom. The first-order valence-electron chi connectivity index (χ1n) is 7.71. The lowest BCUT2D eigenvalue weighted by Gasteiger charge is -2.16. The molecule has 0 fully saturated rings. The molecule has 0 saturated carbocycles. The highest BCUT2D eigenvalue weighted by molar-refractivity contribution is 5.99. The van der Waals surface area contributed by atoms with E-state index in [2.05, 4.69) is 69.9 Å². The van der Waals surface area contributed by atoms with Crippen LogP contribution in [0.3, 0.4) is 0 Å². The summed E-state index contributed by atoms with van der Waals surface area (Å²) in [6.45, 7) is 13.0. The van der Waals surface area contributed by atoms with E-state index < -0.39 is 0 Å². The average Bonchev–Trinajstić information content (AvgIpc) is 2.52. The summed E-state index contributed by atoms with van der Waals surface area (Å²) >= 11 is 0. The number of aryl methyl sites for hydroxylation is 4. The monoisotopic (exact) mass is 290 g/mol. The van der Waals surface area contributed by atoms with Crippen LogP contribution in [0.5, 0.6) is 0 Å². The molecule has 2 aromatic carbocycles. The van der Waals surface area contributed by atoms with E-state index in [0.29, 0.717) is 0 Å². The Morgan fingerprint density at radius 3 is 2.09 bits per heavy atom. The van der Waals surface area contributed by atoms with Crippen LogP contribution < -0.4 is 0 Å². The van der Waals surface area contributed by atoms with Crippen molar-refractivity contribution in [3.63, 3.8) is 0 Å². The molecular formula is C20H22N2. The maximum atomic E-state index is 4.47. The molecule has 0 amide bonds. The van der Waals surface area contributed by atoms with Crippen LogP contribution >= 0.6 is 0 Å². The number of fused-ring (bicyclic) bond motifs is 1. The molecule has 0 spiro atoms. The van der Waals surface area contributed by atoms with Gasteiger partial charge in [0.15, 0.2) is 0 Å². The second kappa shape index (κ2) is 5.20. The van der Waals surface area contributed by atoms with Crippen molar-refractivity contribution in [2.24, 2.45) is 0 Å². The summed E-state index contributed by atoms with van der Waals surface area (Å²) in [5.41, 5.74) is 10.0. The normalized spacial score (nSPS) is 11.2. The zero-order valence-electron chi connectivity index (χ0n) is 14.2. The van der Waals surface area contributed by atoms with Crippen LogP contribution in [-0.4, -0.2) is 10.2 Å². The molecule has 0 aliphatic heterocycles. The van der Waals surface area contributed by atoms with E-state index in [1.165, 1.54) is 44.2 Å². The molecule has 0 unspecified atom stereocenters. The van der Waals surface area contributed by atoms with E-state index in [1.54, 1.807) is 0 Å². The molecule has 3 rings (SSSR count). The van der Waals surface area contributed by atoms with Crippen molar-refractivity contribution in [1.29, 1.82) is 0 Å². The summed E-state index contributed by atoms with van der Waals surface area (Å²) in [6, 6.07) is 6.52.